The number of nitrogens with one attached hydrogen (secondary N) is 1. The highest BCUT2D eigenvalue weighted by atomic mass is 32.2. The minimum Gasteiger partial charge on any atom is -0.480 e. The van der Waals surface area contributed by atoms with Crippen LogP contribution < -0.4 is 5.73 Å². The highest BCUT2D eigenvalue weighted by Crippen LogP contribution is 2.01. The standard InChI is InChI=1S/C5H8N4O4S/c6-5-7-3(8-9-5)1-14(12,13)2-4(10)11/h1-2H2,(H,10,11)(H3,6,7,8,9). The average Bonchev–Trinajstić information content (AvgIpc) is 2.30. The van der Waals surface area contributed by atoms with E-state index in [1.54, 1.807) is 0 Å². The van der Waals surface area contributed by atoms with Gasteiger partial charge in [-0.2, -0.15) is 4.98 Å². The molecule has 1 aromatic heterocycles. The van der Waals surface area contributed by atoms with Crippen LogP contribution in [-0.2, 0) is 20.4 Å². The summed E-state index contributed by atoms with van der Waals surface area (Å²) in [6.45, 7) is 0. The first-order valence-electron chi connectivity index (χ1n) is 3.48. The van der Waals surface area contributed by atoms with E-state index in [9.17, 15) is 13.2 Å². The van der Waals surface area contributed by atoms with Crippen LogP contribution in [-0.4, -0.2) is 40.4 Å². The van der Waals surface area contributed by atoms with Crippen LogP contribution >= 0.6 is 0 Å². The van der Waals surface area contributed by atoms with Gasteiger partial charge in [-0.3, -0.25) is 9.89 Å². The summed E-state index contributed by atoms with van der Waals surface area (Å²) in [5.41, 5.74) is 5.13. The van der Waals surface area contributed by atoms with Gasteiger partial charge < -0.3 is 10.8 Å². The molecular weight excluding hydrogens is 212 g/mol. The lowest BCUT2D eigenvalue weighted by Crippen LogP contribution is -2.17. The second-order valence-corrected chi connectivity index (χ2v) is 4.63. The molecule has 0 amide bonds. The molecule has 0 radical (unpaired) electrons. The van der Waals surface area contributed by atoms with Crippen LogP contribution in [0, 0.1) is 0 Å². The number of hydrogen-bond donors (Lipinski definition) is 3. The normalized spacial score (nSPS) is 11.4. The zero-order chi connectivity index (χ0) is 10.8. The van der Waals surface area contributed by atoms with E-state index in [2.05, 4.69) is 15.2 Å². The Morgan fingerprint density at radius 3 is 2.64 bits per heavy atom. The number of nitrogen functional groups attached to an aromatic ring is 1. The molecule has 0 aliphatic heterocycles. The monoisotopic (exact) mass is 220 g/mol. The molecule has 0 aromatic carbocycles. The van der Waals surface area contributed by atoms with Crippen molar-refractivity contribution in [2.75, 3.05) is 11.5 Å². The molecule has 14 heavy (non-hydrogen) atoms. The molecule has 0 aliphatic carbocycles. The molecule has 78 valence electrons. The van der Waals surface area contributed by atoms with E-state index in [0.29, 0.717) is 0 Å². The third-order valence-electron chi connectivity index (χ3n) is 1.25. The van der Waals surface area contributed by atoms with Crippen molar-refractivity contribution in [2.45, 2.75) is 5.75 Å². The Hall–Kier alpha value is -1.64. The van der Waals surface area contributed by atoms with Gasteiger partial charge in [0.2, 0.25) is 5.95 Å². The third kappa shape index (κ3) is 3.01. The first-order chi connectivity index (χ1) is 6.39. The van der Waals surface area contributed by atoms with Gasteiger partial charge >= 0.3 is 5.97 Å². The van der Waals surface area contributed by atoms with E-state index in [1.807, 2.05) is 0 Å². The van der Waals surface area contributed by atoms with Gasteiger partial charge in [0, 0.05) is 0 Å². The van der Waals surface area contributed by atoms with Gasteiger partial charge in [0.05, 0.1) is 0 Å². The molecule has 0 aliphatic rings. The number of H-pyrrole nitrogens is 1. The largest absolute Gasteiger partial charge is 0.480 e. The number of rotatable bonds is 4. The predicted molar refractivity (Wildman–Crippen MR) is 45.9 cm³/mol. The Morgan fingerprint density at radius 2 is 2.21 bits per heavy atom. The minimum atomic E-state index is -3.71. The number of aliphatic carboxylic acids is 1. The molecule has 0 bridgehead atoms. The molecule has 0 atom stereocenters. The highest BCUT2D eigenvalue weighted by Gasteiger charge is 2.18. The van der Waals surface area contributed by atoms with Gasteiger partial charge in [-0.25, -0.2) is 8.42 Å². The Bertz CT molecular complexity index is 436. The van der Waals surface area contributed by atoms with Gasteiger partial charge in [-0.1, -0.05) is 0 Å². The summed E-state index contributed by atoms with van der Waals surface area (Å²) >= 11 is 0. The lowest BCUT2D eigenvalue weighted by molar-refractivity contribution is -0.134. The average molecular weight is 220 g/mol. The number of nitrogens with two attached hydrogens (primary N) is 1. The van der Waals surface area contributed by atoms with Crippen molar-refractivity contribution in [3.8, 4) is 0 Å². The Kier molecular flexibility index (Phi) is 2.70. The fraction of sp³-hybridized carbons (Fsp3) is 0.400. The molecule has 0 saturated carbocycles. The van der Waals surface area contributed by atoms with Gasteiger partial charge in [0.25, 0.3) is 0 Å². The summed E-state index contributed by atoms with van der Waals surface area (Å²) in [7, 11) is -3.71. The molecule has 1 aromatic rings. The molecule has 8 nitrogen and oxygen atoms in total. The van der Waals surface area contributed by atoms with Gasteiger partial charge in [0.15, 0.2) is 9.84 Å². The number of carboxylic acids is 1. The molecule has 0 saturated heterocycles. The summed E-state index contributed by atoms with van der Waals surface area (Å²) in [6.07, 6.45) is 0. The maximum atomic E-state index is 11.1. The maximum Gasteiger partial charge on any atom is 0.318 e. The molecule has 4 N–H and O–H groups in total. The van der Waals surface area contributed by atoms with Crippen LogP contribution in [0.15, 0.2) is 0 Å². The number of anilines is 1. The van der Waals surface area contributed by atoms with Gasteiger partial charge in [0.1, 0.15) is 17.3 Å². The molecule has 1 heterocycles. The molecule has 0 fully saturated rings. The van der Waals surface area contributed by atoms with E-state index >= 15 is 0 Å². The number of aromatic nitrogens is 3. The SMILES string of the molecule is Nc1n[nH]c(CS(=O)(=O)CC(=O)O)n1. The first kappa shape index (κ1) is 10.4. The van der Waals surface area contributed by atoms with Gasteiger partial charge in [-0.15, -0.1) is 5.10 Å². The zero-order valence-corrected chi connectivity index (χ0v) is 7.78. The zero-order valence-electron chi connectivity index (χ0n) is 6.97. The Morgan fingerprint density at radius 1 is 1.57 bits per heavy atom. The Labute approximate surface area is 79.1 Å². The van der Waals surface area contributed by atoms with Crippen LogP contribution in [0.1, 0.15) is 5.82 Å². The molecule has 9 heteroatoms. The highest BCUT2D eigenvalue weighted by molar-refractivity contribution is 7.91. The van der Waals surface area contributed by atoms with Crippen molar-refractivity contribution < 1.29 is 18.3 Å². The van der Waals surface area contributed by atoms with Crippen molar-refractivity contribution in [1.82, 2.24) is 15.2 Å². The van der Waals surface area contributed by atoms with E-state index in [0.717, 1.165) is 0 Å². The summed E-state index contributed by atoms with van der Waals surface area (Å²) in [5, 5.41) is 14.0. The van der Waals surface area contributed by atoms with Crippen molar-refractivity contribution in [2.24, 2.45) is 0 Å². The Balaban J connectivity index is 2.73. The summed E-state index contributed by atoms with van der Waals surface area (Å²) in [4.78, 5) is 13.7. The van der Waals surface area contributed by atoms with E-state index in [-0.39, 0.29) is 11.8 Å². The van der Waals surface area contributed by atoms with Crippen LogP contribution in [0.4, 0.5) is 5.95 Å². The molecule has 0 unspecified atom stereocenters. The predicted octanol–water partition coefficient (Wildman–Crippen LogP) is -1.61. The van der Waals surface area contributed by atoms with Crippen molar-refractivity contribution in [1.29, 1.82) is 0 Å². The minimum absolute atomic E-state index is 0.0313. The van der Waals surface area contributed by atoms with Crippen LogP contribution in [0.25, 0.3) is 0 Å². The number of hydrogen-bond acceptors (Lipinski definition) is 6. The fourth-order valence-corrected chi connectivity index (χ4v) is 1.85. The lowest BCUT2D eigenvalue weighted by Gasteiger charge is -1.96. The summed E-state index contributed by atoms with van der Waals surface area (Å²) in [5.74, 6) is -2.90. The van der Waals surface area contributed by atoms with E-state index < -0.39 is 27.3 Å². The lowest BCUT2D eigenvalue weighted by atomic mass is 10.7. The number of carbonyl (C=O) groups is 1. The van der Waals surface area contributed by atoms with Crippen LogP contribution in [0.2, 0.25) is 0 Å². The summed E-state index contributed by atoms with van der Waals surface area (Å²) in [6, 6.07) is 0. The first-order valence-corrected chi connectivity index (χ1v) is 5.30. The van der Waals surface area contributed by atoms with Gasteiger partial charge in [-0.05, 0) is 0 Å². The van der Waals surface area contributed by atoms with Crippen molar-refractivity contribution in [3.63, 3.8) is 0 Å². The summed E-state index contributed by atoms with van der Waals surface area (Å²) < 4.78 is 22.2. The maximum absolute atomic E-state index is 11.1. The molecule has 1 rings (SSSR count). The van der Waals surface area contributed by atoms with Crippen molar-refractivity contribution >= 4 is 21.8 Å². The fourth-order valence-electron chi connectivity index (χ4n) is 0.822. The number of carboxylic acid groups (broad SMARTS) is 1. The van der Waals surface area contributed by atoms with Crippen LogP contribution in [0.3, 0.4) is 0 Å². The second kappa shape index (κ2) is 3.62. The number of nitrogens with zero attached hydrogens (tertiary/aromatic N) is 2. The quantitative estimate of drug-likeness (QED) is 0.554. The number of aromatic amines is 1. The smallest absolute Gasteiger partial charge is 0.318 e. The van der Waals surface area contributed by atoms with E-state index in [4.69, 9.17) is 10.8 Å². The molecule has 0 spiro atoms. The van der Waals surface area contributed by atoms with Crippen molar-refractivity contribution in [3.05, 3.63) is 5.82 Å². The topological polar surface area (TPSA) is 139 Å². The number of sulfone groups is 1. The van der Waals surface area contributed by atoms with Crippen LogP contribution in [0.5, 0.6) is 0 Å². The third-order valence-corrected chi connectivity index (χ3v) is 2.65. The van der Waals surface area contributed by atoms with E-state index in [1.165, 1.54) is 0 Å². The second-order valence-electron chi connectivity index (χ2n) is 2.57. The molecular formula is C5H8N4O4S.